The van der Waals surface area contributed by atoms with E-state index in [0.717, 1.165) is 16.7 Å². The van der Waals surface area contributed by atoms with Crippen molar-refractivity contribution in [2.75, 3.05) is 6.61 Å². The molecule has 0 radical (unpaired) electrons. The lowest BCUT2D eigenvalue weighted by molar-refractivity contribution is -0.148. The van der Waals surface area contributed by atoms with Crippen LogP contribution in [0.4, 0.5) is 0 Å². The number of aliphatic carboxylic acids is 1. The predicted molar refractivity (Wildman–Crippen MR) is 115 cm³/mol. The SMILES string of the molecule is CCOC(=O)[C@H](C)C[C@@H](Cc1ccc(-c2ccccc2)cc1)N[13C](=O)[13CH2][13CH2][13C](=O)O. The standard InChI is InChI=1S/C24H29NO5/c1-3-30-24(29)17(2)15-21(25-22(26)13-14-23(27)28)16-18-9-11-20(12-10-18)19-7-5-4-6-8-19/h4-12,17,21H,3,13-16H2,1-2H3,(H,25,26)(H,27,28)/t17-,21+/m1/s1/i13+1,14+1,22+1,23+1. The molecule has 2 rings (SSSR count). The lowest BCUT2D eigenvalue weighted by Gasteiger charge is -2.22. The van der Waals surface area contributed by atoms with Crippen molar-refractivity contribution in [2.24, 2.45) is 5.92 Å². The first kappa shape index (κ1) is 23.1. The van der Waals surface area contributed by atoms with Crippen molar-refractivity contribution in [1.29, 1.82) is 0 Å². The summed E-state index contributed by atoms with van der Waals surface area (Å²) in [5.74, 6) is -2.03. The van der Waals surface area contributed by atoms with Crippen LogP contribution in [0.5, 0.6) is 0 Å². The van der Waals surface area contributed by atoms with Crippen LogP contribution in [-0.2, 0) is 25.5 Å². The molecule has 0 saturated heterocycles. The minimum atomic E-state index is -1.02. The Morgan fingerprint density at radius 1 is 0.967 bits per heavy atom. The molecule has 2 atom stereocenters. The lowest BCUT2D eigenvalue weighted by Crippen LogP contribution is -2.39. The summed E-state index contributed by atoms with van der Waals surface area (Å²) in [6.07, 6.45) is 0.639. The third kappa shape index (κ3) is 7.70. The molecule has 0 aliphatic heterocycles. The highest BCUT2D eigenvalue weighted by Crippen LogP contribution is 2.21. The van der Waals surface area contributed by atoms with E-state index in [4.69, 9.17) is 9.84 Å². The molecule has 0 spiro atoms. The van der Waals surface area contributed by atoms with Gasteiger partial charge in [-0.05, 0) is 36.5 Å². The summed E-state index contributed by atoms with van der Waals surface area (Å²) in [5.41, 5.74) is 3.24. The first-order chi connectivity index (χ1) is 14.4. The minimum Gasteiger partial charge on any atom is -0.481 e. The maximum Gasteiger partial charge on any atom is 0.308 e. The Morgan fingerprint density at radius 2 is 1.60 bits per heavy atom. The third-order valence-corrected chi connectivity index (χ3v) is 4.80. The van der Waals surface area contributed by atoms with Crippen molar-refractivity contribution in [3.63, 3.8) is 0 Å². The van der Waals surface area contributed by atoms with Crippen molar-refractivity contribution in [2.45, 2.75) is 45.6 Å². The number of hydrogen-bond acceptors (Lipinski definition) is 4. The average molecular weight is 415 g/mol. The van der Waals surface area contributed by atoms with Crippen LogP contribution in [0.25, 0.3) is 11.1 Å². The van der Waals surface area contributed by atoms with Gasteiger partial charge in [-0.1, -0.05) is 61.5 Å². The van der Waals surface area contributed by atoms with Crippen LogP contribution in [0, 0.1) is 5.92 Å². The van der Waals surface area contributed by atoms with E-state index in [1.54, 1.807) is 13.8 Å². The number of carboxylic acid groups (broad SMARTS) is 1. The topological polar surface area (TPSA) is 92.7 Å². The van der Waals surface area contributed by atoms with E-state index < -0.39 is 5.97 Å². The van der Waals surface area contributed by atoms with E-state index in [1.807, 2.05) is 54.6 Å². The molecular weight excluding hydrogens is 386 g/mol. The zero-order chi connectivity index (χ0) is 21.9. The molecule has 2 aromatic rings. The maximum atomic E-state index is 12.2. The number of carboxylic acids is 1. The van der Waals surface area contributed by atoms with Gasteiger partial charge in [-0.3, -0.25) is 14.4 Å². The number of rotatable bonds is 11. The molecule has 0 bridgehead atoms. The molecule has 1 amide bonds. The van der Waals surface area contributed by atoms with Crippen molar-refractivity contribution >= 4 is 17.8 Å². The summed E-state index contributed by atoms with van der Waals surface area (Å²) < 4.78 is 5.07. The zero-order valence-electron chi connectivity index (χ0n) is 17.5. The number of esters is 1. The zero-order valence-corrected chi connectivity index (χ0v) is 17.5. The second-order valence-electron chi connectivity index (χ2n) is 7.31. The average Bonchev–Trinajstić information content (AvgIpc) is 2.73. The van der Waals surface area contributed by atoms with E-state index in [2.05, 4.69) is 5.32 Å². The molecule has 2 N–H and O–H groups in total. The Morgan fingerprint density at radius 3 is 2.20 bits per heavy atom. The molecule has 0 aliphatic rings. The largest absolute Gasteiger partial charge is 0.481 e. The van der Waals surface area contributed by atoms with Gasteiger partial charge in [-0.15, -0.1) is 0 Å². The molecule has 0 aliphatic carbocycles. The number of amides is 1. The number of nitrogens with one attached hydrogen (secondary N) is 1. The second-order valence-corrected chi connectivity index (χ2v) is 7.31. The van der Waals surface area contributed by atoms with Crippen molar-refractivity contribution in [3.8, 4) is 11.1 Å². The summed E-state index contributed by atoms with van der Waals surface area (Å²) in [7, 11) is 0. The van der Waals surface area contributed by atoms with Crippen molar-refractivity contribution in [3.05, 3.63) is 60.2 Å². The molecule has 6 nitrogen and oxygen atoms in total. The Hall–Kier alpha value is -3.15. The van der Waals surface area contributed by atoms with Gasteiger partial charge in [0.1, 0.15) is 0 Å². The molecule has 0 heterocycles. The first-order valence-electron chi connectivity index (χ1n) is 10.2. The van der Waals surface area contributed by atoms with E-state index in [9.17, 15) is 14.4 Å². The van der Waals surface area contributed by atoms with Crippen LogP contribution < -0.4 is 5.32 Å². The Balaban J connectivity index is 2.07. The molecule has 6 heteroatoms. The van der Waals surface area contributed by atoms with Gasteiger partial charge in [0, 0.05) is 12.5 Å². The van der Waals surface area contributed by atoms with Crippen LogP contribution in [0.3, 0.4) is 0 Å². The summed E-state index contributed by atoms with van der Waals surface area (Å²) >= 11 is 0. The van der Waals surface area contributed by atoms with Gasteiger partial charge in [0.2, 0.25) is 5.91 Å². The van der Waals surface area contributed by atoms with Gasteiger partial charge < -0.3 is 15.2 Å². The molecule has 0 saturated carbocycles. The maximum absolute atomic E-state index is 12.2. The monoisotopic (exact) mass is 415 g/mol. The van der Waals surface area contributed by atoms with Gasteiger partial charge >= 0.3 is 11.9 Å². The molecule has 2 aromatic carbocycles. The Bertz CT molecular complexity index is 832. The van der Waals surface area contributed by atoms with Crippen molar-refractivity contribution in [1.82, 2.24) is 5.32 Å². The van der Waals surface area contributed by atoms with Crippen molar-refractivity contribution < 1.29 is 24.2 Å². The number of benzene rings is 2. The van der Waals surface area contributed by atoms with Crippen LogP contribution in [-0.4, -0.2) is 35.6 Å². The quantitative estimate of drug-likeness (QED) is 0.430. The van der Waals surface area contributed by atoms with Gasteiger partial charge in [0.15, 0.2) is 0 Å². The molecule has 0 aromatic heterocycles. The highest BCUT2D eigenvalue weighted by Gasteiger charge is 2.22. The fraction of sp³-hybridized carbons (Fsp3) is 0.375. The van der Waals surface area contributed by atoms with E-state index in [1.165, 1.54) is 0 Å². The fourth-order valence-corrected chi connectivity index (χ4v) is 3.27. The molecule has 30 heavy (non-hydrogen) atoms. The van der Waals surface area contributed by atoms with Gasteiger partial charge in [0.25, 0.3) is 0 Å². The lowest BCUT2D eigenvalue weighted by atomic mass is 9.95. The first-order valence-corrected chi connectivity index (χ1v) is 10.2. The molecular formula is C24H29NO5. The summed E-state index contributed by atoms with van der Waals surface area (Å²) in [4.78, 5) is 34.9. The Labute approximate surface area is 177 Å². The predicted octanol–water partition coefficient (Wildman–Crippen LogP) is 3.84. The highest BCUT2D eigenvalue weighted by atomic mass is 16.5. The van der Waals surface area contributed by atoms with Gasteiger partial charge in [-0.2, -0.15) is 0 Å². The van der Waals surface area contributed by atoms with E-state index in [-0.39, 0.29) is 36.7 Å². The summed E-state index contributed by atoms with van der Waals surface area (Å²) in [6.45, 7) is 3.83. The smallest absolute Gasteiger partial charge is 0.308 e. The number of hydrogen-bond donors (Lipinski definition) is 2. The number of carbonyl (C=O) groups excluding carboxylic acids is 2. The number of carbonyl (C=O) groups is 3. The third-order valence-electron chi connectivity index (χ3n) is 4.80. The summed E-state index contributed by atoms with van der Waals surface area (Å²) in [6, 6.07) is 17.8. The highest BCUT2D eigenvalue weighted by molar-refractivity contribution is 5.81. The van der Waals surface area contributed by atoms with Crippen LogP contribution >= 0.6 is 0 Å². The second kappa shape index (κ2) is 11.8. The fourth-order valence-electron chi connectivity index (χ4n) is 3.27. The van der Waals surface area contributed by atoms with E-state index in [0.29, 0.717) is 19.4 Å². The van der Waals surface area contributed by atoms with Crippen LogP contribution in [0.15, 0.2) is 54.6 Å². The van der Waals surface area contributed by atoms with Crippen LogP contribution in [0.1, 0.15) is 38.7 Å². The minimum absolute atomic E-state index is 0.0907. The van der Waals surface area contributed by atoms with Gasteiger partial charge in [0.05, 0.1) is 18.9 Å². The van der Waals surface area contributed by atoms with Crippen LogP contribution in [0.2, 0.25) is 0 Å². The molecule has 0 fully saturated rings. The number of ether oxygens (including phenoxy) is 1. The molecule has 0 unspecified atom stereocenters. The molecule has 160 valence electrons. The van der Waals surface area contributed by atoms with E-state index >= 15 is 0 Å². The summed E-state index contributed by atoms with van der Waals surface area (Å²) in [5, 5.41) is 11.7. The Kier molecular flexibility index (Phi) is 9.06. The van der Waals surface area contributed by atoms with Gasteiger partial charge in [-0.25, -0.2) is 0 Å². The normalized spacial score (nSPS) is 12.6.